The Morgan fingerprint density at radius 1 is 1.56 bits per heavy atom. The monoisotopic (exact) mass is 347 g/mol. The number of nitrogens with zero attached hydrogens (tertiary/aromatic N) is 2. The van der Waals surface area contributed by atoms with Crippen LogP contribution in [0.3, 0.4) is 0 Å². The summed E-state index contributed by atoms with van der Waals surface area (Å²) >= 11 is 10.7. The Labute approximate surface area is 122 Å². The number of hydrogen-bond donors (Lipinski definition) is 1. The molecule has 1 atom stereocenters. The van der Waals surface area contributed by atoms with Gasteiger partial charge in [-0.25, -0.2) is 4.68 Å². The molecule has 0 aliphatic heterocycles. The number of thiophene rings is 1. The topological polar surface area (TPSA) is 46.9 Å². The van der Waals surface area contributed by atoms with Crippen LogP contribution in [0, 0.1) is 0 Å². The highest BCUT2D eigenvalue weighted by molar-refractivity contribution is 9.10. The van der Waals surface area contributed by atoms with E-state index >= 15 is 0 Å². The van der Waals surface area contributed by atoms with Gasteiger partial charge in [-0.15, -0.1) is 11.3 Å². The third kappa shape index (κ3) is 2.76. The van der Waals surface area contributed by atoms with Crippen LogP contribution in [0.25, 0.3) is 0 Å². The molecule has 0 aliphatic rings. The molecule has 2 rings (SSSR count). The maximum Gasteiger partial charge on any atom is 0.282 e. The Hall–Kier alpha value is -0.850. The highest BCUT2D eigenvalue weighted by atomic mass is 79.9. The predicted molar refractivity (Wildman–Crippen MR) is 78.5 cm³/mol. The number of nitrogens with one attached hydrogen (secondary N) is 1. The van der Waals surface area contributed by atoms with Gasteiger partial charge in [-0.1, -0.05) is 11.6 Å². The van der Waals surface area contributed by atoms with Gasteiger partial charge in [0.15, 0.2) is 0 Å². The van der Waals surface area contributed by atoms with Crippen molar-refractivity contribution in [3.8, 4) is 0 Å². The third-order valence-electron chi connectivity index (χ3n) is 2.47. The van der Waals surface area contributed by atoms with Crippen molar-refractivity contribution < 1.29 is 0 Å². The van der Waals surface area contributed by atoms with Crippen molar-refractivity contribution in [3.63, 3.8) is 0 Å². The van der Waals surface area contributed by atoms with Gasteiger partial charge >= 0.3 is 0 Å². The van der Waals surface area contributed by atoms with Crippen LogP contribution in [0.2, 0.25) is 4.34 Å². The second-order valence-corrected chi connectivity index (χ2v) is 6.35. The maximum absolute atomic E-state index is 11.7. The van der Waals surface area contributed by atoms with Gasteiger partial charge in [0.25, 0.3) is 5.56 Å². The molecular weight excluding hydrogens is 338 g/mol. The van der Waals surface area contributed by atoms with Gasteiger partial charge < -0.3 is 5.32 Å². The molecule has 0 saturated heterocycles. The summed E-state index contributed by atoms with van der Waals surface area (Å²) in [7, 11) is 1.61. The highest BCUT2D eigenvalue weighted by Crippen LogP contribution is 2.30. The fourth-order valence-corrected chi connectivity index (χ4v) is 3.01. The van der Waals surface area contributed by atoms with E-state index < -0.39 is 0 Å². The van der Waals surface area contributed by atoms with E-state index in [0.29, 0.717) is 10.2 Å². The summed E-state index contributed by atoms with van der Waals surface area (Å²) in [5, 5.41) is 7.22. The molecule has 4 nitrogen and oxygen atoms in total. The summed E-state index contributed by atoms with van der Waals surface area (Å²) in [5.41, 5.74) is 0.506. The molecule has 7 heteroatoms. The van der Waals surface area contributed by atoms with Gasteiger partial charge in [-0.2, -0.15) is 5.10 Å². The number of anilines is 1. The lowest BCUT2D eigenvalue weighted by Crippen LogP contribution is -2.21. The van der Waals surface area contributed by atoms with Gasteiger partial charge in [0.1, 0.15) is 4.47 Å². The lowest BCUT2D eigenvalue weighted by molar-refractivity contribution is 0.701. The lowest BCUT2D eigenvalue weighted by atomic mass is 10.2. The molecule has 2 aromatic heterocycles. The van der Waals surface area contributed by atoms with E-state index in [2.05, 4.69) is 26.3 Å². The minimum Gasteiger partial charge on any atom is -0.375 e. The van der Waals surface area contributed by atoms with Crippen LogP contribution in [-0.4, -0.2) is 9.78 Å². The molecule has 96 valence electrons. The van der Waals surface area contributed by atoms with Crippen LogP contribution in [-0.2, 0) is 7.05 Å². The maximum atomic E-state index is 11.7. The number of rotatable bonds is 3. The lowest BCUT2D eigenvalue weighted by Gasteiger charge is -2.14. The van der Waals surface area contributed by atoms with Crippen molar-refractivity contribution >= 4 is 44.6 Å². The first-order valence-corrected chi connectivity index (χ1v) is 7.21. The average Bonchev–Trinajstić information content (AvgIpc) is 2.77. The number of hydrogen-bond acceptors (Lipinski definition) is 4. The Kier molecular flexibility index (Phi) is 4.09. The average molecular weight is 349 g/mol. The van der Waals surface area contributed by atoms with Gasteiger partial charge in [0.2, 0.25) is 0 Å². The smallest absolute Gasteiger partial charge is 0.282 e. The fourth-order valence-electron chi connectivity index (χ4n) is 1.48. The summed E-state index contributed by atoms with van der Waals surface area (Å²) in [6.07, 6.45) is 1.62. The zero-order chi connectivity index (χ0) is 13.3. The van der Waals surface area contributed by atoms with Gasteiger partial charge in [0.05, 0.1) is 22.3 Å². The standard InChI is InChI=1S/C11H11BrClN3OS/c1-6(8-3-4-9(13)18-8)15-7-5-14-16(2)11(17)10(7)12/h3-6,15H,1-2H3. The summed E-state index contributed by atoms with van der Waals surface area (Å²) < 4.78 is 2.51. The summed E-state index contributed by atoms with van der Waals surface area (Å²) in [6.45, 7) is 2.01. The predicted octanol–water partition coefficient (Wildman–Crippen LogP) is 3.43. The summed E-state index contributed by atoms with van der Waals surface area (Å²) in [5.74, 6) is 0. The van der Waals surface area contributed by atoms with E-state index in [1.165, 1.54) is 16.0 Å². The van der Waals surface area contributed by atoms with Gasteiger partial charge in [0, 0.05) is 11.9 Å². The summed E-state index contributed by atoms with van der Waals surface area (Å²) in [6, 6.07) is 3.89. The Balaban J connectivity index is 2.25. The highest BCUT2D eigenvalue weighted by Gasteiger charge is 2.12. The van der Waals surface area contributed by atoms with E-state index in [-0.39, 0.29) is 11.6 Å². The van der Waals surface area contributed by atoms with Crippen molar-refractivity contribution in [2.24, 2.45) is 7.05 Å². The minimum absolute atomic E-state index is 0.0627. The van der Waals surface area contributed by atoms with Crippen molar-refractivity contribution in [2.75, 3.05) is 5.32 Å². The van der Waals surface area contributed by atoms with Gasteiger partial charge in [-0.05, 0) is 35.0 Å². The fraction of sp³-hybridized carbons (Fsp3) is 0.273. The molecule has 0 spiro atoms. The second-order valence-electron chi connectivity index (χ2n) is 3.81. The molecule has 0 amide bonds. The Morgan fingerprint density at radius 3 is 2.89 bits per heavy atom. The first kappa shape index (κ1) is 13.6. The largest absolute Gasteiger partial charge is 0.375 e. The number of aromatic nitrogens is 2. The molecule has 1 N–H and O–H groups in total. The van der Waals surface area contributed by atoms with Crippen molar-refractivity contribution in [3.05, 3.63) is 42.4 Å². The first-order valence-electron chi connectivity index (χ1n) is 5.22. The molecule has 1 unspecified atom stereocenters. The third-order valence-corrected chi connectivity index (χ3v) is 4.65. The number of halogens is 2. The van der Waals surface area contributed by atoms with E-state index in [0.717, 1.165) is 9.21 Å². The van der Waals surface area contributed by atoms with Crippen LogP contribution in [0.5, 0.6) is 0 Å². The second kappa shape index (κ2) is 5.42. The normalized spacial score (nSPS) is 12.4. The zero-order valence-electron chi connectivity index (χ0n) is 9.78. The first-order chi connectivity index (χ1) is 8.49. The Morgan fingerprint density at radius 2 is 2.28 bits per heavy atom. The molecule has 2 heterocycles. The van der Waals surface area contributed by atoms with Crippen molar-refractivity contribution in [1.82, 2.24) is 9.78 Å². The van der Waals surface area contributed by atoms with Crippen molar-refractivity contribution in [2.45, 2.75) is 13.0 Å². The van der Waals surface area contributed by atoms with Gasteiger partial charge in [-0.3, -0.25) is 4.79 Å². The van der Waals surface area contributed by atoms with Crippen LogP contribution in [0.15, 0.2) is 27.6 Å². The zero-order valence-corrected chi connectivity index (χ0v) is 12.9. The van der Waals surface area contributed by atoms with Crippen LogP contribution < -0.4 is 10.9 Å². The molecule has 0 aliphatic carbocycles. The van der Waals surface area contributed by atoms with Crippen molar-refractivity contribution in [1.29, 1.82) is 0 Å². The molecule has 0 radical (unpaired) electrons. The van der Waals surface area contributed by atoms with Crippen LogP contribution in [0.1, 0.15) is 17.8 Å². The van der Waals surface area contributed by atoms with Crippen LogP contribution >= 0.6 is 38.9 Å². The van der Waals surface area contributed by atoms with Crippen LogP contribution in [0.4, 0.5) is 5.69 Å². The Bertz CT molecular complexity index is 625. The molecule has 0 fully saturated rings. The molecule has 0 aromatic carbocycles. The number of aryl methyl sites for hydroxylation is 1. The van der Waals surface area contributed by atoms with E-state index in [4.69, 9.17) is 11.6 Å². The minimum atomic E-state index is -0.170. The molecule has 2 aromatic rings. The molecule has 18 heavy (non-hydrogen) atoms. The summed E-state index contributed by atoms with van der Waals surface area (Å²) in [4.78, 5) is 12.8. The van der Waals surface area contributed by atoms with E-state index in [1.807, 2.05) is 19.1 Å². The molecular formula is C11H11BrClN3OS. The van der Waals surface area contributed by atoms with E-state index in [9.17, 15) is 4.79 Å². The SMILES string of the molecule is CC(Nc1cnn(C)c(=O)c1Br)c1ccc(Cl)s1. The van der Waals surface area contributed by atoms with E-state index in [1.54, 1.807) is 13.2 Å². The molecule has 0 bridgehead atoms. The quantitative estimate of drug-likeness (QED) is 0.924. The molecule has 0 saturated carbocycles.